The minimum Gasteiger partial charge on any atom is -0.348 e. The van der Waals surface area contributed by atoms with E-state index in [1.807, 2.05) is 68.4 Å². The van der Waals surface area contributed by atoms with E-state index in [1.54, 1.807) is 0 Å². The van der Waals surface area contributed by atoms with Crippen LogP contribution in [-0.4, -0.2) is 12.5 Å². The molecule has 2 N–H and O–H groups in total. The largest absolute Gasteiger partial charge is 0.348 e. The molecular formula is C18H21ClN2O. The molecule has 0 spiro atoms. The number of carbonyl (C=O) groups excluding carboxylic acids is 1. The molecule has 22 heavy (non-hydrogen) atoms. The monoisotopic (exact) mass is 316 g/mol. The Morgan fingerprint density at radius 3 is 2.36 bits per heavy atom. The molecule has 0 saturated heterocycles. The molecule has 3 nitrogen and oxygen atoms in total. The molecule has 0 heterocycles. The van der Waals surface area contributed by atoms with E-state index in [1.165, 1.54) is 0 Å². The molecule has 0 bridgehead atoms. The molecule has 0 fully saturated rings. The van der Waals surface area contributed by atoms with Gasteiger partial charge in [-0.05, 0) is 37.1 Å². The number of hydrogen-bond donors (Lipinski definition) is 2. The summed E-state index contributed by atoms with van der Waals surface area (Å²) in [5.41, 5.74) is 2.16. The van der Waals surface area contributed by atoms with Gasteiger partial charge in [0.25, 0.3) is 0 Å². The van der Waals surface area contributed by atoms with Crippen molar-refractivity contribution in [1.82, 2.24) is 10.6 Å². The van der Waals surface area contributed by atoms with Crippen molar-refractivity contribution in [1.29, 1.82) is 0 Å². The van der Waals surface area contributed by atoms with Crippen LogP contribution in [0.15, 0.2) is 54.6 Å². The molecule has 116 valence electrons. The van der Waals surface area contributed by atoms with Crippen molar-refractivity contribution in [3.05, 3.63) is 70.7 Å². The molecule has 0 radical (unpaired) electrons. The van der Waals surface area contributed by atoms with Crippen molar-refractivity contribution in [3.63, 3.8) is 0 Å². The van der Waals surface area contributed by atoms with Crippen molar-refractivity contribution in [3.8, 4) is 0 Å². The van der Waals surface area contributed by atoms with E-state index >= 15 is 0 Å². The minimum atomic E-state index is -0.0229. The third-order valence-corrected chi connectivity index (χ3v) is 3.83. The van der Waals surface area contributed by atoms with Gasteiger partial charge in [0.05, 0.1) is 12.6 Å². The normalized spacial score (nSPS) is 13.4. The smallest absolute Gasteiger partial charge is 0.234 e. The van der Waals surface area contributed by atoms with E-state index in [9.17, 15) is 4.79 Å². The van der Waals surface area contributed by atoms with Crippen LogP contribution >= 0.6 is 11.6 Å². The van der Waals surface area contributed by atoms with Gasteiger partial charge in [-0.15, -0.1) is 0 Å². The minimum absolute atomic E-state index is 0.00280. The Morgan fingerprint density at radius 2 is 1.68 bits per heavy atom. The molecule has 0 unspecified atom stereocenters. The first-order valence-electron chi connectivity index (χ1n) is 7.39. The standard InChI is InChI=1S/C18H21ClN2O/c1-13(16-9-6-10-17(19)11-16)20-12-18(22)21-14(2)15-7-4-3-5-8-15/h3-11,13-14,20H,12H2,1-2H3,(H,21,22)/t13-,14-/m0/s1. The van der Waals surface area contributed by atoms with Gasteiger partial charge in [-0.1, -0.05) is 54.1 Å². The van der Waals surface area contributed by atoms with E-state index in [0.717, 1.165) is 11.1 Å². The van der Waals surface area contributed by atoms with Crippen molar-refractivity contribution in [2.45, 2.75) is 25.9 Å². The van der Waals surface area contributed by atoms with Crippen LogP contribution < -0.4 is 10.6 Å². The summed E-state index contributed by atoms with van der Waals surface area (Å²) < 4.78 is 0. The fourth-order valence-electron chi connectivity index (χ4n) is 2.26. The number of benzene rings is 2. The third-order valence-electron chi connectivity index (χ3n) is 3.59. The predicted molar refractivity (Wildman–Crippen MR) is 90.9 cm³/mol. The highest BCUT2D eigenvalue weighted by Crippen LogP contribution is 2.17. The maximum atomic E-state index is 12.0. The SMILES string of the molecule is C[C@H](NCC(=O)N[C@@H](C)c1ccccc1)c1cccc(Cl)c1. The van der Waals surface area contributed by atoms with E-state index in [0.29, 0.717) is 5.02 Å². The number of halogens is 1. The Hall–Kier alpha value is -1.84. The highest BCUT2D eigenvalue weighted by Gasteiger charge is 2.11. The lowest BCUT2D eigenvalue weighted by Crippen LogP contribution is -2.36. The Labute approximate surface area is 136 Å². The van der Waals surface area contributed by atoms with Gasteiger partial charge < -0.3 is 10.6 Å². The average molecular weight is 317 g/mol. The lowest BCUT2D eigenvalue weighted by Gasteiger charge is -2.17. The molecule has 4 heteroatoms. The van der Waals surface area contributed by atoms with Crippen LogP contribution in [0.3, 0.4) is 0 Å². The number of nitrogens with one attached hydrogen (secondary N) is 2. The fourth-order valence-corrected chi connectivity index (χ4v) is 2.46. The molecule has 2 rings (SSSR count). The van der Waals surface area contributed by atoms with Crippen LogP contribution in [0.5, 0.6) is 0 Å². The zero-order chi connectivity index (χ0) is 15.9. The van der Waals surface area contributed by atoms with Gasteiger partial charge in [0.2, 0.25) is 5.91 Å². The van der Waals surface area contributed by atoms with Gasteiger partial charge in [0, 0.05) is 11.1 Å². The third kappa shape index (κ3) is 4.86. The first-order chi connectivity index (χ1) is 10.6. The summed E-state index contributed by atoms with van der Waals surface area (Å²) in [6, 6.07) is 17.6. The lowest BCUT2D eigenvalue weighted by molar-refractivity contribution is -0.121. The van der Waals surface area contributed by atoms with Gasteiger partial charge in [-0.25, -0.2) is 0 Å². The number of amides is 1. The summed E-state index contributed by atoms with van der Waals surface area (Å²) in [6.45, 7) is 4.26. The highest BCUT2D eigenvalue weighted by atomic mass is 35.5. The van der Waals surface area contributed by atoms with Gasteiger partial charge in [-0.2, -0.15) is 0 Å². The molecule has 0 aliphatic carbocycles. The zero-order valence-corrected chi connectivity index (χ0v) is 13.6. The van der Waals surface area contributed by atoms with Crippen LogP contribution in [0, 0.1) is 0 Å². The van der Waals surface area contributed by atoms with Crippen molar-refractivity contribution >= 4 is 17.5 Å². The van der Waals surface area contributed by atoms with Gasteiger partial charge in [-0.3, -0.25) is 4.79 Å². The number of carbonyl (C=O) groups is 1. The van der Waals surface area contributed by atoms with Crippen molar-refractivity contribution in [2.75, 3.05) is 6.54 Å². The van der Waals surface area contributed by atoms with Crippen LogP contribution in [-0.2, 0) is 4.79 Å². The van der Waals surface area contributed by atoms with Gasteiger partial charge in [0.15, 0.2) is 0 Å². The van der Waals surface area contributed by atoms with Gasteiger partial charge in [0.1, 0.15) is 0 Å². The topological polar surface area (TPSA) is 41.1 Å². The first kappa shape index (κ1) is 16.5. The first-order valence-corrected chi connectivity index (χ1v) is 7.77. The van der Waals surface area contributed by atoms with Gasteiger partial charge >= 0.3 is 0 Å². The second-order valence-electron chi connectivity index (χ2n) is 5.36. The van der Waals surface area contributed by atoms with Crippen LogP contribution in [0.2, 0.25) is 5.02 Å². The zero-order valence-electron chi connectivity index (χ0n) is 12.8. The average Bonchev–Trinajstić information content (AvgIpc) is 2.53. The Morgan fingerprint density at radius 1 is 1.00 bits per heavy atom. The molecule has 2 atom stereocenters. The molecule has 0 aliphatic heterocycles. The maximum Gasteiger partial charge on any atom is 0.234 e. The van der Waals surface area contributed by atoms with Crippen LogP contribution in [0.25, 0.3) is 0 Å². The van der Waals surface area contributed by atoms with E-state index in [2.05, 4.69) is 10.6 Å². The van der Waals surface area contributed by atoms with E-state index in [4.69, 9.17) is 11.6 Å². The Balaban J connectivity index is 1.82. The fraction of sp³-hybridized carbons (Fsp3) is 0.278. The molecule has 2 aromatic carbocycles. The van der Waals surface area contributed by atoms with E-state index in [-0.39, 0.29) is 24.5 Å². The Bertz CT molecular complexity index is 615. The molecule has 1 amide bonds. The van der Waals surface area contributed by atoms with Crippen molar-refractivity contribution < 1.29 is 4.79 Å². The summed E-state index contributed by atoms with van der Waals surface area (Å²) in [5.74, 6) is -0.0229. The maximum absolute atomic E-state index is 12.0. The van der Waals surface area contributed by atoms with Crippen LogP contribution in [0.4, 0.5) is 0 Å². The summed E-state index contributed by atoms with van der Waals surface area (Å²) >= 11 is 5.98. The second kappa shape index (κ2) is 7.97. The second-order valence-corrected chi connectivity index (χ2v) is 5.79. The molecule has 2 aromatic rings. The van der Waals surface area contributed by atoms with E-state index < -0.39 is 0 Å². The summed E-state index contributed by atoms with van der Waals surface area (Å²) in [6.07, 6.45) is 0. The summed E-state index contributed by atoms with van der Waals surface area (Å²) in [7, 11) is 0. The predicted octanol–water partition coefficient (Wildman–Crippen LogP) is 3.87. The quantitative estimate of drug-likeness (QED) is 0.849. The lowest BCUT2D eigenvalue weighted by atomic mass is 10.1. The van der Waals surface area contributed by atoms with Crippen molar-refractivity contribution in [2.24, 2.45) is 0 Å². The molecule has 0 aliphatic rings. The molecule has 0 aromatic heterocycles. The number of hydrogen-bond acceptors (Lipinski definition) is 2. The number of rotatable bonds is 6. The summed E-state index contributed by atoms with van der Waals surface area (Å²) in [5, 5.41) is 6.90. The molecule has 0 saturated carbocycles. The molecular weight excluding hydrogens is 296 g/mol. The Kier molecular flexibility index (Phi) is 5.99. The summed E-state index contributed by atoms with van der Waals surface area (Å²) in [4.78, 5) is 12.0. The van der Waals surface area contributed by atoms with Crippen LogP contribution in [0.1, 0.15) is 37.1 Å². The highest BCUT2D eigenvalue weighted by molar-refractivity contribution is 6.30.